The molecule has 1 aromatic carbocycles. The van der Waals surface area contributed by atoms with Crippen LogP contribution in [0.2, 0.25) is 5.02 Å². The van der Waals surface area contributed by atoms with Crippen LogP contribution in [0.15, 0.2) is 23.2 Å². The fourth-order valence-corrected chi connectivity index (χ4v) is 2.79. The molecule has 2 aliphatic rings. The Morgan fingerprint density at radius 2 is 2.10 bits per heavy atom. The minimum Gasteiger partial charge on any atom is -0.370 e. The highest BCUT2D eigenvalue weighted by Crippen LogP contribution is 2.40. The zero-order chi connectivity index (χ0) is 15.1. The molecule has 7 heteroatoms. The number of carbonyl (C=O) groups excluding carboxylic acids is 2. The van der Waals surface area contributed by atoms with Crippen LogP contribution < -0.4 is 11.5 Å². The van der Waals surface area contributed by atoms with Crippen molar-refractivity contribution in [1.29, 1.82) is 0 Å². The van der Waals surface area contributed by atoms with Gasteiger partial charge < -0.3 is 16.4 Å². The molecule has 0 bridgehead atoms. The van der Waals surface area contributed by atoms with Crippen LogP contribution in [-0.2, 0) is 4.79 Å². The van der Waals surface area contributed by atoms with Crippen LogP contribution >= 0.6 is 11.6 Å². The van der Waals surface area contributed by atoms with E-state index in [1.165, 1.54) is 0 Å². The van der Waals surface area contributed by atoms with Gasteiger partial charge in [-0.15, -0.1) is 0 Å². The zero-order valence-electron chi connectivity index (χ0n) is 11.3. The number of guanidine groups is 1. The molecule has 4 N–H and O–H groups in total. The molecule has 1 fully saturated rings. The first-order chi connectivity index (χ1) is 9.97. The lowest BCUT2D eigenvalue weighted by molar-refractivity contribution is -0.122. The average molecular weight is 307 g/mol. The van der Waals surface area contributed by atoms with Gasteiger partial charge in [0.1, 0.15) is 6.04 Å². The zero-order valence-corrected chi connectivity index (χ0v) is 12.0. The van der Waals surface area contributed by atoms with Crippen LogP contribution in [0.4, 0.5) is 0 Å². The highest BCUT2D eigenvalue weighted by Gasteiger charge is 2.43. The van der Waals surface area contributed by atoms with Crippen molar-refractivity contribution < 1.29 is 9.59 Å². The second-order valence-electron chi connectivity index (χ2n) is 5.41. The number of amides is 2. The van der Waals surface area contributed by atoms with E-state index in [1.54, 1.807) is 23.1 Å². The molecule has 0 saturated heterocycles. The van der Waals surface area contributed by atoms with Crippen LogP contribution in [0.3, 0.4) is 0 Å². The maximum absolute atomic E-state index is 12.5. The Bertz CT molecular complexity index is 650. The van der Waals surface area contributed by atoms with Gasteiger partial charge in [0, 0.05) is 17.1 Å². The fourth-order valence-electron chi connectivity index (χ4n) is 2.61. The first-order valence-corrected chi connectivity index (χ1v) is 7.09. The van der Waals surface area contributed by atoms with Crippen LogP contribution in [0.5, 0.6) is 0 Å². The molecule has 6 nitrogen and oxygen atoms in total. The molecule has 1 aromatic rings. The summed E-state index contributed by atoms with van der Waals surface area (Å²) in [5.74, 6) is -0.567. The van der Waals surface area contributed by atoms with Gasteiger partial charge in [0.05, 0.1) is 0 Å². The third kappa shape index (κ3) is 2.58. The lowest BCUT2D eigenvalue weighted by Gasteiger charge is -2.22. The van der Waals surface area contributed by atoms with E-state index in [1.807, 2.05) is 0 Å². The summed E-state index contributed by atoms with van der Waals surface area (Å²) in [6, 6.07) is 4.17. The second-order valence-corrected chi connectivity index (χ2v) is 5.85. The molecule has 2 amide bonds. The molecule has 1 aliphatic heterocycles. The molecule has 1 aliphatic carbocycles. The first kappa shape index (κ1) is 13.9. The third-order valence-electron chi connectivity index (χ3n) is 3.74. The molecule has 0 spiro atoms. The summed E-state index contributed by atoms with van der Waals surface area (Å²) in [4.78, 5) is 30.0. The van der Waals surface area contributed by atoms with E-state index in [0.29, 0.717) is 28.6 Å². The van der Waals surface area contributed by atoms with Crippen LogP contribution in [0, 0.1) is 5.92 Å². The smallest absolute Gasteiger partial charge is 0.276 e. The predicted octanol–water partition coefficient (Wildman–Crippen LogP) is 1.05. The number of benzene rings is 1. The number of carbonyl (C=O) groups is 2. The number of aliphatic imine (C=N–C) groups is 1. The Kier molecular flexibility index (Phi) is 3.33. The van der Waals surface area contributed by atoms with Gasteiger partial charge in [-0.3, -0.25) is 9.59 Å². The van der Waals surface area contributed by atoms with Crippen molar-refractivity contribution in [2.45, 2.75) is 18.9 Å². The Morgan fingerprint density at radius 1 is 1.38 bits per heavy atom. The van der Waals surface area contributed by atoms with Crippen LogP contribution in [-0.4, -0.2) is 29.2 Å². The largest absolute Gasteiger partial charge is 0.370 e. The molecule has 0 aromatic heterocycles. The minimum atomic E-state index is -0.757. The summed E-state index contributed by atoms with van der Waals surface area (Å²) in [5, 5.41) is 0.461. The summed E-state index contributed by atoms with van der Waals surface area (Å²) in [5.41, 5.74) is 11.6. The lowest BCUT2D eigenvalue weighted by Crippen LogP contribution is -2.35. The lowest BCUT2D eigenvalue weighted by atomic mass is 10.0. The maximum Gasteiger partial charge on any atom is 0.276 e. The van der Waals surface area contributed by atoms with Crippen LogP contribution in [0.1, 0.15) is 34.8 Å². The second kappa shape index (κ2) is 5.04. The fraction of sp³-hybridized carbons (Fsp3) is 0.357. The van der Waals surface area contributed by atoms with Gasteiger partial charge >= 0.3 is 0 Å². The number of hydrogen-bond acceptors (Lipinski definition) is 2. The molecular weight excluding hydrogens is 292 g/mol. The number of halogens is 1. The summed E-state index contributed by atoms with van der Waals surface area (Å²) < 4.78 is 0. The maximum atomic E-state index is 12.5. The number of nitrogens with two attached hydrogens (primary N) is 2. The number of hydrogen-bond donors (Lipinski definition) is 2. The number of rotatable bonds is 3. The summed E-state index contributed by atoms with van der Waals surface area (Å²) in [6.07, 6.45) is 2.15. The van der Waals surface area contributed by atoms with Gasteiger partial charge in [0.15, 0.2) is 5.96 Å². The van der Waals surface area contributed by atoms with Gasteiger partial charge in [-0.05, 0) is 36.5 Å². The predicted molar refractivity (Wildman–Crippen MR) is 78.8 cm³/mol. The molecule has 1 saturated carbocycles. The van der Waals surface area contributed by atoms with Crippen LogP contribution in [0.25, 0.3) is 0 Å². The Hall–Kier alpha value is -2.08. The van der Waals surface area contributed by atoms with Gasteiger partial charge in [-0.2, -0.15) is 4.99 Å². The summed E-state index contributed by atoms with van der Waals surface area (Å²) in [6.45, 7) is 0.543. The molecular formula is C14H15ClN4O2. The SMILES string of the molecule is NC(N)=NC(=O)C1c2ccc(Cl)cc2C(=O)N1CC1CC1. The Morgan fingerprint density at radius 3 is 2.71 bits per heavy atom. The Balaban J connectivity index is 2.02. The molecule has 1 unspecified atom stereocenters. The van der Waals surface area contributed by atoms with Gasteiger partial charge in [0.25, 0.3) is 11.8 Å². The number of fused-ring (bicyclic) bond motifs is 1. The van der Waals surface area contributed by atoms with E-state index in [9.17, 15) is 9.59 Å². The normalized spacial score (nSPS) is 20.3. The van der Waals surface area contributed by atoms with Crippen molar-refractivity contribution in [2.24, 2.45) is 22.4 Å². The molecule has 1 heterocycles. The summed E-state index contributed by atoms with van der Waals surface area (Å²) >= 11 is 5.94. The van der Waals surface area contributed by atoms with Crippen molar-refractivity contribution in [1.82, 2.24) is 4.90 Å². The molecule has 110 valence electrons. The van der Waals surface area contributed by atoms with Gasteiger partial charge in [-0.1, -0.05) is 17.7 Å². The van der Waals surface area contributed by atoms with Crippen molar-refractivity contribution in [2.75, 3.05) is 6.54 Å². The summed E-state index contributed by atoms with van der Waals surface area (Å²) in [7, 11) is 0. The average Bonchev–Trinajstić information content (AvgIpc) is 3.17. The molecule has 1 atom stereocenters. The van der Waals surface area contributed by atoms with Gasteiger partial charge in [0.2, 0.25) is 0 Å². The van der Waals surface area contributed by atoms with E-state index in [0.717, 1.165) is 12.8 Å². The quantitative estimate of drug-likeness (QED) is 0.643. The molecule has 0 radical (unpaired) electrons. The van der Waals surface area contributed by atoms with Crippen molar-refractivity contribution in [3.63, 3.8) is 0 Å². The van der Waals surface area contributed by atoms with E-state index in [-0.39, 0.29) is 11.9 Å². The monoisotopic (exact) mass is 306 g/mol. The minimum absolute atomic E-state index is 0.191. The molecule has 3 rings (SSSR count). The molecule has 21 heavy (non-hydrogen) atoms. The highest BCUT2D eigenvalue weighted by atomic mass is 35.5. The van der Waals surface area contributed by atoms with E-state index in [2.05, 4.69) is 4.99 Å². The van der Waals surface area contributed by atoms with E-state index >= 15 is 0 Å². The third-order valence-corrected chi connectivity index (χ3v) is 3.97. The highest BCUT2D eigenvalue weighted by molar-refractivity contribution is 6.31. The van der Waals surface area contributed by atoms with Gasteiger partial charge in [-0.25, -0.2) is 0 Å². The van der Waals surface area contributed by atoms with Crippen molar-refractivity contribution >= 4 is 29.4 Å². The van der Waals surface area contributed by atoms with E-state index in [4.69, 9.17) is 23.1 Å². The topological polar surface area (TPSA) is 102 Å². The number of nitrogens with zero attached hydrogens (tertiary/aromatic N) is 2. The Labute approximate surface area is 126 Å². The van der Waals surface area contributed by atoms with Crippen molar-refractivity contribution in [3.8, 4) is 0 Å². The van der Waals surface area contributed by atoms with Crippen molar-refractivity contribution in [3.05, 3.63) is 34.3 Å². The standard InChI is InChI=1S/C14H15ClN4O2/c15-8-3-4-9-10(5-8)13(21)19(6-7-1-2-7)11(9)12(20)18-14(16)17/h3-5,7,11H,1-2,6H2,(H4,16,17,18,20). The van der Waals surface area contributed by atoms with E-state index < -0.39 is 11.9 Å². The first-order valence-electron chi connectivity index (χ1n) is 6.71.